The number of alkyl halides is 2. The second-order valence-corrected chi connectivity index (χ2v) is 5.15. The first kappa shape index (κ1) is 15.6. The molecule has 2 atom stereocenters. The Morgan fingerprint density at radius 1 is 1.48 bits per heavy atom. The second kappa shape index (κ2) is 6.80. The first-order chi connectivity index (χ1) is 9.95. The molecular weight excluding hydrogens is 285 g/mol. The molecule has 1 saturated heterocycles. The van der Waals surface area contributed by atoms with Crippen LogP contribution in [-0.2, 0) is 4.79 Å². The van der Waals surface area contributed by atoms with Crippen LogP contribution in [0, 0.1) is 11.7 Å². The molecule has 4 nitrogen and oxygen atoms in total. The van der Waals surface area contributed by atoms with Gasteiger partial charge in [-0.25, -0.2) is 4.39 Å². The maximum absolute atomic E-state index is 13.5. The number of rotatable bonds is 4. The molecule has 1 aliphatic heterocycles. The van der Waals surface area contributed by atoms with Crippen molar-refractivity contribution in [3.8, 4) is 5.75 Å². The third-order valence-corrected chi connectivity index (χ3v) is 3.40. The van der Waals surface area contributed by atoms with Gasteiger partial charge in [0.2, 0.25) is 5.91 Å². The van der Waals surface area contributed by atoms with E-state index < -0.39 is 18.2 Å². The highest BCUT2D eigenvalue weighted by atomic mass is 19.3. The molecule has 1 aromatic carbocycles. The van der Waals surface area contributed by atoms with Gasteiger partial charge in [-0.1, -0.05) is 6.92 Å². The van der Waals surface area contributed by atoms with Gasteiger partial charge in [-0.15, -0.1) is 0 Å². The summed E-state index contributed by atoms with van der Waals surface area (Å²) in [6, 6.07) is 3.02. The maximum Gasteiger partial charge on any atom is 0.387 e. The summed E-state index contributed by atoms with van der Waals surface area (Å²) >= 11 is 0. The van der Waals surface area contributed by atoms with Crippen molar-refractivity contribution in [1.82, 2.24) is 5.32 Å². The van der Waals surface area contributed by atoms with E-state index in [-0.39, 0.29) is 17.6 Å². The number of halogens is 3. The number of carbonyl (C=O) groups is 1. The van der Waals surface area contributed by atoms with E-state index in [4.69, 9.17) is 0 Å². The first-order valence-electron chi connectivity index (χ1n) is 6.74. The van der Waals surface area contributed by atoms with Gasteiger partial charge in [-0.2, -0.15) is 8.78 Å². The van der Waals surface area contributed by atoms with E-state index in [0.29, 0.717) is 12.3 Å². The number of amides is 1. The van der Waals surface area contributed by atoms with Crippen molar-refractivity contribution >= 4 is 11.6 Å². The van der Waals surface area contributed by atoms with E-state index in [1.807, 2.05) is 0 Å². The third kappa shape index (κ3) is 4.35. The lowest BCUT2D eigenvalue weighted by Gasteiger charge is -2.27. The van der Waals surface area contributed by atoms with E-state index in [9.17, 15) is 18.0 Å². The Hall–Kier alpha value is -1.76. The van der Waals surface area contributed by atoms with Crippen LogP contribution in [0.3, 0.4) is 0 Å². The fourth-order valence-electron chi connectivity index (χ4n) is 2.31. The molecule has 1 aliphatic rings. The molecule has 0 aromatic heterocycles. The zero-order chi connectivity index (χ0) is 15.4. The van der Waals surface area contributed by atoms with Crippen LogP contribution >= 0.6 is 0 Å². The molecule has 1 aromatic rings. The predicted molar refractivity (Wildman–Crippen MR) is 71.9 cm³/mol. The number of hydrogen-bond donors (Lipinski definition) is 2. The summed E-state index contributed by atoms with van der Waals surface area (Å²) in [7, 11) is 0. The number of ether oxygens (including phenoxy) is 1. The Kier molecular flexibility index (Phi) is 5.06. The minimum atomic E-state index is -3.09. The van der Waals surface area contributed by atoms with Gasteiger partial charge in [0.15, 0.2) is 11.6 Å². The van der Waals surface area contributed by atoms with Gasteiger partial charge < -0.3 is 15.4 Å². The van der Waals surface area contributed by atoms with Crippen LogP contribution in [0.15, 0.2) is 18.2 Å². The lowest BCUT2D eigenvalue weighted by atomic mass is 9.94. The van der Waals surface area contributed by atoms with E-state index >= 15 is 0 Å². The molecule has 1 fully saturated rings. The molecule has 0 saturated carbocycles. The smallest absolute Gasteiger partial charge is 0.387 e. The topological polar surface area (TPSA) is 50.4 Å². The molecule has 21 heavy (non-hydrogen) atoms. The van der Waals surface area contributed by atoms with Gasteiger partial charge in [-0.3, -0.25) is 4.79 Å². The monoisotopic (exact) mass is 302 g/mol. The van der Waals surface area contributed by atoms with Crippen molar-refractivity contribution in [2.24, 2.45) is 5.92 Å². The molecule has 0 spiro atoms. The summed E-state index contributed by atoms with van der Waals surface area (Å²) < 4.78 is 41.6. The number of benzene rings is 1. The van der Waals surface area contributed by atoms with Crippen molar-refractivity contribution in [2.75, 3.05) is 11.9 Å². The molecule has 2 N–H and O–H groups in total. The highest BCUT2D eigenvalue weighted by Gasteiger charge is 2.24. The lowest BCUT2D eigenvalue weighted by Crippen LogP contribution is -2.45. The number of nitrogens with one attached hydrogen (secondary N) is 2. The van der Waals surface area contributed by atoms with Crippen LogP contribution in [0.25, 0.3) is 0 Å². The van der Waals surface area contributed by atoms with Gasteiger partial charge >= 0.3 is 6.61 Å². The van der Waals surface area contributed by atoms with Crippen molar-refractivity contribution in [1.29, 1.82) is 0 Å². The molecule has 1 amide bonds. The molecule has 0 bridgehead atoms. The number of carbonyl (C=O) groups excluding carboxylic acids is 1. The number of anilines is 1. The largest absolute Gasteiger partial charge is 0.432 e. The summed E-state index contributed by atoms with van der Waals surface area (Å²) in [5, 5.41) is 5.66. The third-order valence-electron chi connectivity index (χ3n) is 3.40. The highest BCUT2D eigenvalue weighted by molar-refractivity contribution is 5.94. The maximum atomic E-state index is 13.5. The molecule has 2 unspecified atom stereocenters. The van der Waals surface area contributed by atoms with Gasteiger partial charge in [0, 0.05) is 11.8 Å². The minimum Gasteiger partial charge on any atom is -0.432 e. The summed E-state index contributed by atoms with van der Waals surface area (Å²) in [4.78, 5) is 12.0. The quantitative estimate of drug-likeness (QED) is 0.899. The normalized spacial score (nSPS) is 22.1. The standard InChI is InChI=1S/C14H17F3N2O2/c1-8-4-5-18-11(6-8)13(20)19-9-2-3-12(10(15)7-9)21-14(16)17/h2-3,7-8,11,14,18H,4-6H2,1H3,(H,19,20). The Bertz CT molecular complexity index is 511. The average Bonchev–Trinajstić information content (AvgIpc) is 2.41. The molecule has 7 heteroatoms. The fraction of sp³-hybridized carbons (Fsp3) is 0.500. The average molecular weight is 302 g/mol. The van der Waals surface area contributed by atoms with E-state index in [2.05, 4.69) is 22.3 Å². The van der Waals surface area contributed by atoms with Crippen LogP contribution in [0.1, 0.15) is 19.8 Å². The zero-order valence-corrected chi connectivity index (χ0v) is 11.5. The van der Waals surface area contributed by atoms with Gasteiger partial charge in [0.25, 0.3) is 0 Å². The Labute approximate surface area is 120 Å². The molecule has 2 rings (SSSR count). The Morgan fingerprint density at radius 3 is 2.86 bits per heavy atom. The SMILES string of the molecule is CC1CCNC(C(=O)Nc2ccc(OC(F)F)c(F)c2)C1. The second-order valence-electron chi connectivity index (χ2n) is 5.15. The molecule has 0 radical (unpaired) electrons. The number of hydrogen-bond acceptors (Lipinski definition) is 3. The van der Waals surface area contributed by atoms with E-state index in [1.54, 1.807) is 0 Å². The first-order valence-corrected chi connectivity index (χ1v) is 6.74. The van der Waals surface area contributed by atoms with Gasteiger partial charge in [0.1, 0.15) is 0 Å². The predicted octanol–water partition coefficient (Wildman–Crippen LogP) is 2.75. The summed E-state index contributed by atoms with van der Waals surface area (Å²) in [5.41, 5.74) is 0.208. The zero-order valence-electron chi connectivity index (χ0n) is 11.5. The minimum absolute atomic E-state index is 0.208. The van der Waals surface area contributed by atoms with Crippen LogP contribution in [-0.4, -0.2) is 25.1 Å². The molecular formula is C14H17F3N2O2. The Morgan fingerprint density at radius 2 is 2.24 bits per heavy atom. The van der Waals surface area contributed by atoms with E-state index in [1.165, 1.54) is 6.07 Å². The van der Waals surface area contributed by atoms with E-state index in [0.717, 1.165) is 25.1 Å². The molecule has 1 heterocycles. The fourth-order valence-corrected chi connectivity index (χ4v) is 2.31. The van der Waals surface area contributed by atoms with Gasteiger partial charge in [-0.05, 0) is 37.4 Å². The molecule has 0 aliphatic carbocycles. The summed E-state index contributed by atoms with van der Waals surface area (Å²) in [6.45, 7) is -0.264. The van der Waals surface area contributed by atoms with Crippen molar-refractivity contribution < 1.29 is 22.7 Å². The van der Waals surface area contributed by atoms with Crippen molar-refractivity contribution in [3.63, 3.8) is 0 Å². The van der Waals surface area contributed by atoms with Crippen LogP contribution in [0.2, 0.25) is 0 Å². The van der Waals surface area contributed by atoms with Crippen LogP contribution in [0.5, 0.6) is 5.75 Å². The van der Waals surface area contributed by atoms with Crippen LogP contribution < -0.4 is 15.4 Å². The van der Waals surface area contributed by atoms with Crippen molar-refractivity contribution in [2.45, 2.75) is 32.4 Å². The molecule has 116 valence electrons. The summed E-state index contributed by atoms with van der Waals surface area (Å²) in [6.07, 6.45) is 1.72. The Balaban J connectivity index is 1.99. The lowest BCUT2D eigenvalue weighted by molar-refractivity contribution is -0.119. The van der Waals surface area contributed by atoms with Gasteiger partial charge in [0.05, 0.1) is 6.04 Å². The van der Waals surface area contributed by atoms with Crippen molar-refractivity contribution in [3.05, 3.63) is 24.0 Å². The highest BCUT2D eigenvalue weighted by Crippen LogP contribution is 2.23. The number of piperidine rings is 1. The summed E-state index contributed by atoms with van der Waals surface area (Å²) in [5.74, 6) is -1.31. The van der Waals surface area contributed by atoms with Crippen LogP contribution in [0.4, 0.5) is 18.9 Å².